The lowest BCUT2D eigenvalue weighted by molar-refractivity contribution is -0.658. The molecule has 3 rings (SSSR count). The number of amides is 1. The zero-order valence-electron chi connectivity index (χ0n) is 13.5. The fourth-order valence-electron chi connectivity index (χ4n) is 3.18. The summed E-state index contributed by atoms with van der Waals surface area (Å²) < 4.78 is 3.90. The van der Waals surface area contributed by atoms with Gasteiger partial charge in [0.25, 0.3) is 5.91 Å². The average Bonchev–Trinajstić information content (AvgIpc) is 2.94. The van der Waals surface area contributed by atoms with E-state index < -0.39 is 0 Å². The highest BCUT2D eigenvalue weighted by atomic mass is 16.1. The van der Waals surface area contributed by atoms with Crippen LogP contribution in [0.15, 0.2) is 48.8 Å². The molecule has 0 saturated carbocycles. The van der Waals surface area contributed by atoms with Crippen molar-refractivity contribution in [2.45, 2.75) is 38.6 Å². The average molecular weight is 310 g/mol. The summed E-state index contributed by atoms with van der Waals surface area (Å²) in [6.07, 6.45) is 12.0. The number of rotatable bonds is 6. The number of aromatic nitrogens is 2. The number of para-hydroxylation sites is 2. The Hall–Kier alpha value is -2.36. The van der Waals surface area contributed by atoms with Gasteiger partial charge in [-0.05, 0) is 44.2 Å². The van der Waals surface area contributed by atoms with Gasteiger partial charge in [0, 0.05) is 6.54 Å². The van der Waals surface area contributed by atoms with Crippen molar-refractivity contribution in [3.05, 3.63) is 48.8 Å². The van der Waals surface area contributed by atoms with Gasteiger partial charge in [0.2, 0.25) is 6.33 Å². The second-order valence-electron chi connectivity index (χ2n) is 6.03. The Morgan fingerprint density at radius 3 is 3.00 bits per heavy atom. The highest BCUT2D eigenvalue weighted by Gasteiger charge is 2.16. The zero-order valence-corrected chi connectivity index (χ0v) is 13.5. The summed E-state index contributed by atoms with van der Waals surface area (Å²) in [4.78, 5) is 12.2. The van der Waals surface area contributed by atoms with Crippen LogP contribution < -0.4 is 9.88 Å². The molecule has 0 fully saturated rings. The SMILES string of the molecule is C=Cn1c[n+](CC(=O)NCCC2=CCCCC2)c2ccccc21. The van der Waals surface area contributed by atoms with Gasteiger partial charge in [0.15, 0.2) is 17.6 Å². The molecule has 2 aromatic rings. The van der Waals surface area contributed by atoms with Crippen molar-refractivity contribution in [3.8, 4) is 0 Å². The minimum Gasteiger partial charge on any atom is -0.352 e. The summed E-state index contributed by atoms with van der Waals surface area (Å²) in [7, 11) is 0. The van der Waals surface area contributed by atoms with Gasteiger partial charge in [-0.1, -0.05) is 30.4 Å². The van der Waals surface area contributed by atoms with Crippen molar-refractivity contribution >= 4 is 23.1 Å². The summed E-state index contributed by atoms with van der Waals surface area (Å²) >= 11 is 0. The Balaban J connectivity index is 1.59. The molecule has 0 radical (unpaired) electrons. The maximum absolute atomic E-state index is 12.2. The summed E-state index contributed by atoms with van der Waals surface area (Å²) in [6.45, 7) is 4.88. The smallest absolute Gasteiger partial charge is 0.262 e. The number of benzene rings is 1. The molecule has 4 nitrogen and oxygen atoms in total. The second kappa shape index (κ2) is 7.27. The molecule has 1 aromatic carbocycles. The molecule has 1 N–H and O–H groups in total. The summed E-state index contributed by atoms with van der Waals surface area (Å²) in [6, 6.07) is 8.03. The molecule has 4 heteroatoms. The van der Waals surface area contributed by atoms with Gasteiger partial charge >= 0.3 is 0 Å². The first kappa shape index (κ1) is 15.5. The predicted octanol–water partition coefficient (Wildman–Crippen LogP) is 3.04. The van der Waals surface area contributed by atoms with Crippen molar-refractivity contribution in [1.82, 2.24) is 9.88 Å². The summed E-state index contributed by atoms with van der Waals surface area (Å²) in [5.74, 6) is 0.0541. The lowest BCUT2D eigenvalue weighted by Gasteiger charge is -2.12. The number of imidazole rings is 1. The molecule has 1 amide bonds. The zero-order chi connectivity index (χ0) is 16.1. The summed E-state index contributed by atoms with van der Waals surface area (Å²) in [5, 5.41) is 3.03. The fourth-order valence-corrected chi connectivity index (χ4v) is 3.18. The van der Waals surface area contributed by atoms with Crippen molar-refractivity contribution in [1.29, 1.82) is 0 Å². The predicted molar refractivity (Wildman–Crippen MR) is 92.7 cm³/mol. The molecule has 120 valence electrons. The minimum atomic E-state index is 0.0541. The first-order valence-electron chi connectivity index (χ1n) is 8.34. The molecule has 1 heterocycles. The monoisotopic (exact) mass is 310 g/mol. The van der Waals surface area contributed by atoms with Gasteiger partial charge < -0.3 is 5.32 Å². The van der Waals surface area contributed by atoms with Crippen molar-refractivity contribution < 1.29 is 9.36 Å². The van der Waals surface area contributed by atoms with Crippen LogP contribution in [0.4, 0.5) is 0 Å². The number of carbonyl (C=O) groups excluding carboxylic acids is 1. The number of nitrogens with one attached hydrogen (secondary N) is 1. The van der Waals surface area contributed by atoms with Crippen LogP contribution in [0.5, 0.6) is 0 Å². The Morgan fingerprint density at radius 2 is 2.22 bits per heavy atom. The van der Waals surface area contributed by atoms with Crippen LogP contribution in [0.3, 0.4) is 0 Å². The molecule has 0 unspecified atom stereocenters. The quantitative estimate of drug-likeness (QED) is 0.646. The Morgan fingerprint density at radius 1 is 1.35 bits per heavy atom. The van der Waals surface area contributed by atoms with E-state index in [0.29, 0.717) is 6.54 Å². The molecule has 0 aliphatic heterocycles. The number of hydrogen-bond acceptors (Lipinski definition) is 1. The van der Waals surface area contributed by atoms with Crippen LogP contribution in [-0.2, 0) is 11.3 Å². The van der Waals surface area contributed by atoms with E-state index in [1.54, 1.807) is 6.20 Å². The van der Waals surface area contributed by atoms with Gasteiger partial charge in [-0.25, -0.2) is 9.13 Å². The maximum Gasteiger partial charge on any atom is 0.262 e. The van der Waals surface area contributed by atoms with Crippen LogP contribution in [0.2, 0.25) is 0 Å². The molecule has 0 bridgehead atoms. The van der Waals surface area contributed by atoms with Gasteiger partial charge in [0.05, 0.1) is 6.20 Å². The normalized spacial score (nSPS) is 14.5. The van der Waals surface area contributed by atoms with E-state index in [2.05, 4.69) is 18.0 Å². The van der Waals surface area contributed by atoms with Crippen molar-refractivity contribution in [2.75, 3.05) is 6.54 Å². The lowest BCUT2D eigenvalue weighted by atomic mass is 9.97. The van der Waals surface area contributed by atoms with Gasteiger partial charge in [-0.3, -0.25) is 4.79 Å². The standard InChI is InChI=1S/C19H23N3O/c1-2-21-15-22(18-11-7-6-10-17(18)21)14-19(23)20-13-12-16-8-4-3-5-9-16/h2,6-8,10-11,15H,1,3-5,9,12-14H2/p+1. The number of fused-ring (bicyclic) bond motifs is 1. The van der Waals surface area contributed by atoms with E-state index >= 15 is 0 Å². The second-order valence-corrected chi connectivity index (χ2v) is 6.03. The third-order valence-electron chi connectivity index (χ3n) is 4.40. The van der Waals surface area contributed by atoms with E-state index in [9.17, 15) is 4.79 Å². The van der Waals surface area contributed by atoms with Gasteiger partial charge in [-0.15, -0.1) is 0 Å². The summed E-state index contributed by atoms with van der Waals surface area (Å²) in [5.41, 5.74) is 3.59. The van der Waals surface area contributed by atoms with E-state index in [1.807, 2.05) is 39.7 Å². The van der Waals surface area contributed by atoms with Crippen LogP contribution >= 0.6 is 0 Å². The van der Waals surface area contributed by atoms with Crippen LogP contribution in [0, 0.1) is 0 Å². The first-order valence-corrected chi connectivity index (χ1v) is 8.34. The number of hydrogen-bond donors (Lipinski definition) is 1. The molecule has 1 aromatic heterocycles. The third-order valence-corrected chi connectivity index (χ3v) is 4.40. The topological polar surface area (TPSA) is 37.9 Å². The number of carbonyl (C=O) groups is 1. The Labute approximate surface area is 137 Å². The van der Waals surface area contributed by atoms with E-state index in [-0.39, 0.29) is 5.91 Å². The van der Waals surface area contributed by atoms with Crippen molar-refractivity contribution in [3.63, 3.8) is 0 Å². The Bertz CT molecular complexity index is 742. The van der Waals surface area contributed by atoms with E-state index in [0.717, 1.165) is 24.0 Å². The third kappa shape index (κ3) is 3.70. The van der Waals surface area contributed by atoms with Gasteiger partial charge in [-0.2, -0.15) is 0 Å². The number of nitrogens with zero attached hydrogens (tertiary/aromatic N) is 2. The highest BCUT2D eigenvalue weighted by Crippen LogP contribution is 2.19. The van der Waals surface area contributed by atoms with E-state index in [1.165, 1.54) is 31.3 Å². The number of allylic oxidation sites excluding steroid dienone is 1. The van der Waals surface area contributed by atoms with Crippen LogP contribution in [0.25, 0.3) is 17.2 Å². The lowest BCUT2D eigenvalue weighted by Crippen LogP contribution is -2.42. The molecular formula is C19H24N3O+. The molecular weight excluding hydrogens is 286 g/mol. The molecule has 1 aliphatic rings. The molecule has 0 atom stereocenters. The van der Waals surface area contributed by atoms with Gasteiger partial charge in [0.1, 0.15) is 0 Å². The first-order chi connectivity index (χ1) is 11.3. The minimum absolute atomic E-state index is 0.0541. The molecule has 23 heavy (non-hydrogen) atoms. The van der Waals surface area contributed by atoms with E-state index in [4.69, 9.17) is 0 Å². The molecule has 1 aliphatic carbocycles. The Kier molecular flexibility index (Phi) is 4.91. The van der Waals surface area contributed by atoms with Crippen LogP contribution in [0.1, 0.15) is 32.1 Å². The largest absolute Gasteiger partial charge is 0.352 e. The van der Waals surface area contributed by atoms with Crippen molar-refractivity contribution in [2.24, 2.45) is 0 Å². The highest BCUT2D eigenvalue weighted by molar-refractivity contribution is 5.77. The molecule has 0 saturated heterocycles. The molecule has 0 spiro atoms. The van der Waals surface area contributed by atoms with Crippen LogP contribution in [-0.4, -0.2) is 17.0 Å². The fraction of sp³-hybridized carbons (Fsp3) is 0.368. The maximum atomic E-state index is 12.2.